The van der Waals surface area contributed by atoms with E-state index in [-0.39, 0.29) is 5.92 Å². The van der Waals surface area contributed by atoms with Gasteiger partial charge in [0.25, 0.3) is 0 Å². The van der Waals surface area contributed by atoms with Gasteiger partial charge in [0.1, 0.15) is 18.0 Å². The van der Waals surface area contributed by atoms with Crippen LogP contribution in [0.3, 0.4) is 0 Å². The summed E-state index contributed by atoms with van der Waals surface area (Å²) in [6.07, 6.45) is 6.62. The van der Waals surface area contributed by atoms with Crippen molar-refractivity contribution in [2.45, 2.75) is 19.8 Å². The van der Waals surface area contributed by atoms with Crippen LogP contribution in [0.5, 0.6) is 0 Å². The van der Waals surface area contributed by atoms with E-state index in [9.17, 15) is 4.79 Å². The van der Waals surface area contributed by atoms with Crippen molar-refractivity contribution in [3.8, 4) is 11.3 Å². The van der Waals surface area contributed by atoms with Crippen molar-refractivity contribution in [3.05, 3.63) is 72.2 Å². The largest absolute Gasteiger partial charge is 0.369 e. The summed E-state index contributed by atoms with van der Waals surface area (Å²) in [5.74, 6) is 1.07. The third-order valence-corrected chi connectivity index (χ3v) is 4.93. The van der Waals surface area contributed by atoms with Gasteiger partial charge in [0.05, 0.1) is 16.8 Å². The molecule has 1 aromatic carbocycles. The van der Waals surface area contributed by atoms with Gasteiger partial charge in [0, 0.05) is 48.1 Å². The van der Waals surface area contributed by atoms with Crippen molar-refractivity contribution in [2.24, 2.45) is 5.73 Å². The number of nitrogens with zero attached hydrogens (tertiary/aromatic N) is 5. The maximum Gasteiger partial charge on any atom is 0.249 e. The average molecular weight is 399 g/mol. The molecule has 0 aliphatic heterocycles. The van der Waals surface area contributed by atoms with Crippen LogP contribution >= 0.6 is 0 Å². The van der Waals surface area contributed by atoms with Gasteiger partial charge in [-0.2, -0.15) is 0 Å². The van der Waals surface area contributed by atoms with Crippen LogP contribution in [-0.4, -0.2) is 37.4 Å². The molecule has 8 heteroatoms. The number of nitrogens with two attached hydrogens (primary N) is 1. The fourth-order valence-corrected chi connectivity index (χ4v) is 3.32. The van der Waals surface area contributed by atoms with E-state index in [4.69, 9.17) is 5.73 Å². The summed E-state index contributed by atoms with van der Waals surface area (Å²) < 4.78 is 0. The van der Waals surface area contributed by atoms with Crippen LogP contribution in [0, 0.1) is 6.92 Å². The molecule has 1 amide bonds. The lowest BCUT2D eigenvalue weighted by atomic mass is 9.96. The summed E-state index contributed by atoms with van der Waals surface area (Å²) in [6.45, 7) is 4.56. The standard InChI is InChI=1S/C22H21N7O/c1-13(16-4-3-5-17-18(22(23)30)6-7-24-21(16)17)9-27-20-8-19(28-12-29-20)15-10-25-14(2)26-11-15/h3-8,10-13H,9H2,1-2H3,(H2,23,30)(H,27,28,29)/t13-/m1/s1. The van der Waals surface area contributed by atoms with Crippen LogP contribution in [0.25, 0.3) is 22.2 Å². The number of aryl methyl sites for hydroxylation is 1. The van der Waals surface area contributed by atoms with E-state index in [1.54, 1.807) is 24.7 Å². The number of pyridine rings is 1. The van der Waals surface area contributed by atoms with Gasteiger partial charge in [-0.3, -0.25) is 9.78 Å². The molecule has 3 N–H and O–H groups in total. The van der Waals surface area contributed by atoms with Crippen LogP contribution < -0.4 is 11.1 Å². The summed E-state index contributed by atoms with van der Waals surface area (Å²) in [4.78, 5) is 33.3. The van der Waals surface area contributed by atoms with Crippen LogP contribution in [0.1, 0.15) is 34.6 Å². The monoisotopic (exact) mass is 399 g/mol. The Morgan fingerprint density at radius 3 is 2.67 bits per heavy atom. The Balaban J connectivity index is 1.55. The number of nitrogens with one attached hydrogen (secondary N) is 1. The van der Waals surface area contributed by atoms with Gasteiger partial charge < -0.3 is 11.1 Å². The van der Waals surface area contributed by atoms with Crippen molar-refractivity contribution >= 4 is 22.6 Å². The first-order valence-corrected chi connectivity index (χ1v) is 9.55. The minimum Gasteiger partial charge on any atom is -0.369 e. The van der Waals surface area contributed by atoms with Gasteiger partial charge in [-0.25, -0.2) is 19.9 Å². The molecule has 0 aliphatic carbocycles. The molecule has 0 aliphatic rings. The Bertz CT molecular complexity index is 1210. The first kappa shape index (κ1) is 19.4. The van der Waals surface area contributed by atoms with Crippen LogP contribution in [0.2, 0.25) is 0 Å². The van der Waals surface area contributed by atoms with E-state index in [2.05, 4.69) is 37.2 Å². The summed E-state index contributed by atoms with van der Waals surface area (Å²) in [5.41, 5.74) is 9.37. The van der Waals surface area contributed by atoms with E-state index < -0.39 is 5.91 Å². The third-order valence-electron chi connectivity index (χ3n) is 4.93. The van der Waals surface area contributed by atoms with Crippen LogP contribution in [0.4, 0.5) is 5.82 Å². The fraction of sp³-hybridized carbons (Fsp3) is 0.182. The second kappa shape index (κ2) is 8.20. The molecular weight excluding hydrogens is 378 g/mol. The van der Waals surface area contributed by atoms with E-state index in [1.807, 2.05) is 31.2 Å². The molecule has 1 atom stereocenters. The van der Waals surface area contributed by atoms with Gasteiger partial charge in [0.2, 0.25) is 5.91 Å². The lowest BCUT2D eigenvalue weighted by molar-refractivity contribution is 0.100. The summed E-state index contributed by atoms with van der Waals surface area (Å²) >= 11 is 0. The minimum absolute atomic E-state index is 0.116. The SMILES string of the molecule is Cc1ncc(-c2cc(NC[C@@H](C)c3cccc4c(C(N)=O)ccnc34)ncn2)cn1. The summed E-state index contributed by atoms with van der Waals surface area (Å²) in [6, 6.07) is 9.32. The number of benzene rings is 1. The number of carbonyl (C=O) groups excluding carboxylic acids is 1. The number of fused-ring (bicyclic) bond motifs is 1. The lowest BCUT2D eigenvalue weighted by Crippen LogP contribution is -2.14. The molecule has 4 rings (SSSR count). The van der Waals surface area contributed by atoms with Crippen LogP contribution in [0.15, 0.2) is 55.2 Å². The van der Waals surface area contributed by atoms with E-state index in [1.165, 1.54) is 6.33 Å². The molecule has 0 saturated heterocycles. The highest BCUT2D eigenvalue weighted by Crippen LogP contribution is 2.26. The van der Waals surface area contributed by atoms with Crippen molar-refractivity contribution < 1.29 is 4.79 Å². The highest BCUT2D eigenvalue weighted by molar-refractivity contribution is 6.05. The Labute approximate surface area is 173 Å². The highest BCUT2D eigenvalue weighted by Gasteiger charge is 2.14. The van der Waals surface area contributed by atoms with Gasteiger partial charge in [-0.1, -0.05) is 25.1 Å². The molecule has 0 fully saturated rings. The molecule has 4 aromatic rings. The number of aromatic nitrogens is 5. The Morgan fingerprint density at radius 2 is 1.90 bits per heavy atom. The number of hydrogen-bond donors (Lipinski definition) is 2. The maximum absolute atomic E-state index is 11.7. The molecule has 0 unspecified atom stereocenters. The quantitative estimate of drug-likeness (QED) is 0.511. The zero-order valence-corrected chi connectivity index (χ0v) is 16.7. The van der Waals surface area contributed by atoms with E-state index >= 15 is 0 Å². The molecule has 0 spiro atoms. The van der Waals surface area contributed by atoms with E-state index in [0.717, 1.165) is 27.7 Å². The van der Waals surface area contributed by atoms with Crippen molar-refractivity contribution in [2.75, 3.05) is 11.9 Å². The molecule has 0 saturated carbocycles. The van der Waals surface area contributed by atoms with Crippen molar-refractivity contribution in [3.63, 3.8) is 0 Å². The number of carbonyl (C=O) groups is 1. The second-order valence-electron chi connectivity index (χ2n) is 7.06. The molecule has 3 heterocycles. The number of para-hydroxylation sites is 1. The Morgan fingerprint density at radius 1 is 1.10 bits per heavy atom. The minimum atomic E-state index is -0.459. The number of anilines is 1. The van der Waals surface area contributed by atoms with Gasteiger partial charge in [-0.05, 0) is 18.6 Å². The Kier molecular flexibility index (Phi) is 5.30. The van der Waals surface area contributed by atoms with Gasteiger partial charge in [-0.15, -0.1) is 0 Å². The third kappa shape index (κ3) is 3.93. The predicted octanol–water partition coefficient (Wildman–Crippen LogP) is 3.10. The normalized spacial score (nSPS) is 11.9. The Hall–Kier alpha value is -3.94. The molecule has 150 valence electrons. The smallest absolute Gasteiger partial charge is 0.249 e. The molecular formula is C22H21N7O. The number of primary amides is 1. The zero-order valence-electron chi connectivity index (χ0n) is 16.7. The van der Waals surface area contributed by atoms with E-state index in [0.29, 0.717) is 23.8 Å². The van der Waals surface area contributed by atoms with Crippen molar-refractivity contribution in [1.29, 1.82) is 0 Å². The van der Waals surface area contributed by atoms with Crippen molar-refractivity contribution in [1.82, 2.24) is 24.9 Å². The lowest BCUT2D eigenvalue weighted by Gasteiger charge is -2.16. The molecule has 30 heavy (non-hydrogen) atoms. The molecule has 3 aromatic heterocycles. The molecule has 0 radical (unpaired) electrons. The fourth-order valence-electron chi connectivity index (χ4n) is 3.32. The average Bonchev–Trinajstić information content (AvgIpc) is 2.77. The predicted molar refractivity (Wildman–Crippen MR) is 115 cm³/mol. The maximum atomic E-state index is 11.7. The number of rotatable bonds is 6. The van der Waals surface area contributed by atoms with Crippen LogP contribution in [-0.2, 0) is 0 Å². The zero-order chi connectivity index (χ0) is 21.1. The summed E-state index contributed by atoms with van der Waals surface area (Å²) in [7, 11) is 0. The number of amides is 1. The molecule has 8 nitrogen and oxygen atoms in total. The second-order valence-corrected chi connectivity index (χ2v) is 7.06. The topological polar surface area (TPSA) is 120 Å². The van der Waals surface area contributed by atoms with Gasteiger partial charge in [0.15, 0.2) is 0 Å². The highest BCUT2D eigenvalue weighted by atomic mass is 16.1. The summed E-state index contributed by atoms with van der Waals surface area (Å²) in [5, 5.41) is 4.12. The number of hydrogen-bond acceptors (Lipinski definition) is 7. The first-order chi connectivity index (χ1) is 14.5. The first-order valence-electron chi connectivity index (χ1n) is 9.55. The van der Waals surface area contributed by atoms with Gasteiger partial charge >= 0.3 is 0 Å². The molecule has 0 bridgehead atoms.